The molecule has 4 fully saturated rings. The van der Waals surface area contributed by atoms with Crippen LogP contribution in [0, 0.1) is 11.8 Å². The molecule has 14 heteroatoms. The lowest BCUT2D eigenvalue weighted by Crippen LogP contribution is -2.56. The highest BCUT2D eigenvalue weighted by Gasteiger charge is 2.61. The van der Waals surface area contributed by atoms with Gasteiger partial charge in [0.25, 0.3) is 5.91 Å². The maximum atomic E-state index is 14.0. The van der Waals surface area contributed by atoms with Crippen molar-refractivity contribution in [2.75, 3.05) is 13.1 Å². The zero-order valence-electron chi connectivity index (χ0n) is 27.1. The van der Waals surface area contributed by atoms with E-state index in [-0.39, 0.29) is 36.6 Å². The van der Waals surface area contributed by atoms with Gasteiger partial charge < -0.3 is 25.0 Å². The normalized spacial score (nSPS) is 32.6. The molecule has 5 aliphatic rings. The average molecular weight is 679 g/mol. The monoisotopic (exact) mass is 678 g/mol. The Kier molecular flexibility index (Phi) is 8.63. The molecule has 4 amide bonds. The quantitative estimate of drug-likeness (QED) is 0.389. The van der Waals surface area contributed by atoms with Gasteiger partial charge in [-0.2, -0.15) is 0 Å². The van der Waals surface area contributed by atoms with E-state index in [1.807, 2.05) is 31.2 Å². The van der Waals surface area contributed by atoms with E-state index in [9.17, 15) is 23.4 Å². The van der Waals surface area contributed by atoms with Crippen molar-refractivity contribution in [2.24, 2.45) is 11.8 Å². The number of nitrogens with one attached hydrogen (secondary N) is 3. The third-order valence-electron chi connectivity index (χ3n) is 10.4. The second kappa shape index (κ2) is 12.8. The molecule has 3 heterocycles. The Labute approximate surface area is 281 Å². The number of nitrogens with zero attached hydrogens (tertiary/aromatic N) is 3. The molecule has 3 aliphatic carbocycles. The summed E-state index contributed by atoms with van der Waals surface area (Å²) in [5.41, 5.74) is 0.290. The lowest BCUT2D eigenvalue weighted by molar-refractivity contribution is -0.139. The summed E-state index contributed by atoms with van der Waals surface area (Å²) in [4.78, 5) is 64.7. The molecule has 2 aromatic rings. The van der Waals surface area contributed by atoms with Crippen LogP contribution in [0.25, 0.3) is 11.0 Å². The minimum atomic E-state index is -1.53. The Morgan fingerprint density at radius 3 is 2.60 bits per heavy atom. The fraction of sp³-hybridized carbons (Fsp3) is 0.588. The Morgan fingerprint density at radius 1 is 1.10 bits per heavy atom. The van der Waals surface area contributed by atoms with Crippen molar-refractivity contribution in [1.82, 2.24) is 30.2 Å². The number of carbonyl (C=O) groups excluding carboxylic acids is 4. The van der Waals surface area contributed by atoms with E-state index in [1.165, 1.54) is 4.90 Å². The molecule has 2 bridgehead atoms. The summed E-state index contributed by atoms with van der Waals surface area (Å²) in [5.74, 6) is -1.28. The van der Waals surface area contributed by atoms with Gasteiger partial charge in [-0.25, -0.2) is 19.0 Å². The highest BCUT2D eigenvalue weighted by Crippen LogP contribution is 2.49. The van der Waals surface area contributed by atoms with Crippen molar-refractivity contribution in [3.63, 3.8) is 0 Å². The smallest absolute Gasteiger partial charge is 0.408 e. The predicted octanol–water partition coefficient (Wildman–Crippen LogP) is 2.60. The molecule has 13 nitrogen and oxygen atoms in total. The van der Waals surface area contributed by atoms with Crippen LogP contribution in [0.1, 0.15) is 70.4 Å². The summed E-state index contributed by atoms with van der Waals surface area (Å²) in [5, 5.41) is 5.38. The zero-order chi connectivity index (χ0) is 33.6. The number of alkyl carbamates (subject to hydrolysis) is 1. The van der Waals surface area contributed by atoms with E-state index < -0.39 is 58.1 Å². The molecule has 3 saturated carbocycles. The number of hydrogen-bond donors (Lipinski definition) is 3. The number of ether oxygens (including phenoxy) is 2. The largest absolute Gasteiger partial charge is 0.471 e. The van der Waals surface area contributed by atoms with Crippen molar-refractivity contribution in [1.29, 1.82) is 0 Å². The van der Waals surface area contributed by atoms with Gasteiger partial charge in [-0.05, 0) is 64.0 Å². The zero-order valence-corrected chi connectivity index (χ0v) is 27.9. The maximum Gasteiger partial charge on any atom is 0.408 e. The topological polar surface area (TPSA) is 169 Å². The minimum absolute atomic E-state index is 0.0527. The number of aryl methyl sites for hydroxylation is 1. The summed E-state index contributed by atoms with van der Waals surface area (Å²) < 4.78 is 27.2. The molecular formula is C34H42N6O7S. The number of amides is 4. The molecule has 1 unspecified atom stereocenters. The standard InChI is InChI=1S/C34H42N6O7S/c1-3-20-17-34(20,31(43)39-48(45)23-13-14-23)38-29(42)27-15-22-19-40(27)28(41)18-35-32(44)47-33(2)16-21(33)9-5-4-6-12-26-30(46-22)37-25-11-8-7-10-24(25)36-26/h3,7-8,10-11,20-23,27H,1,4-6,9,12-19H2,2H3,(H,35,44)(H,38,42)(H,39,43)/t20-,21+,22-,27+,33+,34-,48?/m1/s1. The first-order chi connectivity index (χ1) is 23.1. The molecule has 48 heavy (non-hydrogen) atoms. The summed E-state index contributed by atoms with van der Waals surface area (Å²) >= 11 is 0. The van der Waals surface area contributed by atoms with Crippen molar-refractivity contribution in [2.45, 2.75) is 99.7 Å². The van der Waals surface area contributed by atoms with Gasteiger partial charge in [0, 0.05) is 18.3 Å². The van der Waals surface area contributed by atoms with Gasteiger partial charge in [0.05, 0.1) is 22.8 Å². The number of carbonyl (C=O) groups is 4. The molecular weight excluding hydrogens is 636 g/mol. The molecule has 0 radical (unpaired) electrons. The number of para-hydroxylation sites is 2. The summed E-state index contributed by atoms with van der Waals surface area (Å²) in [7, 11) is -1.53. The van der Waals surface area contributed by atoms with Gasteiger partial charge in [-0.15, -0.1) is 6.58 Å². The van der Waals surface area contributed by atoms with Gasteiger partial charge >= 0.3 is 6.09 Å². The highest BCUT2D eigenvalue weighted by atomic mass is 32.2. The second-order valence-corrected chi connectivity index (χ2v) is 15.5. The van der Waals surface area contributed by atoms with Gasteiger partial charge in [-0.3, -0.25) is 19.1 Å². The van der Waals surface area contributed by atoms with Crippen molar-refractivity contribution >= 4 is 45.8 Å². The molecule has 1 saturated heterocycles. The first-order valence-electron chi connectivity index (χ1n) is 16.9. The van der Waals surface area contributed by atoms with Crippen molar-refractivity contribution in [3.8, 4) is 5.88 Å². The summed E-state index contributed by atoms with van der Waals surface area (Å²) in [6.07, 6.45) is 7.48. The van der Waals surface area contributed by atoms with Crippen LogP contribution in [0.4, 0.5) is 4.79 Å². The molecule has 7 atom stereocenters. The van der Waals surface area contributed by atoms with Crippen molar-refractivity contribution < 1.29 is 32.9 Å². The van der Waals surface area contributed by atoms with Gasteiger partial charge in [0.2, 0.25) is 17.7 Å². The van der Waals surface area contributed by atoms with Crippen LogP contribution in [-0.2, 0) is 36.5 Å². The number of fused-ring (bicyclic) bond motifs is 5. The molecule has 256 valence electrons. The number of hydrogen-bond acceptors (Lipinski definition) is 9. The Morgan fingerprint density at radius 2 is 1.88 bits per heavy atom. The molecule has 2 aliphatic heterocycles. The Balaban J connectivity index is 1.14. The Hall–Kier alpha value is -4.07. The van der Waals surface area contributed by atoms with Crippen LogP contribution >= 0.6 is 0 Å². The molecule has 3 N–H and O–H groups in total. The highest BCUT2D eigenvalue weighted by molar-refractivity contribution is 7.84. The summed E-state index contributed by atoms with van der Waals surface area (Å²) in [6.45, 7) is 5.40. The molecule has 7 rings (SSSR count). The van der Waals surface area contributed by atoms with E-state index >= 15 is 0 Å². The third-order valence-corrected chi connectivity index (χ3v) is 11.8. The van der Waals surface area contributed by atoms with E-state index in [0.29, 0.717) is 24.2 Å². The minimum Gasteiger partial charge on any atom is -0.471 e. The predicted molar refractivity (Wildman–Crippen MR) is 176 cm³/mol. The van der Waals surface area contributed by atoms with Crippen LogP contribution in [0.5, 0.6) is 5.88 Å². The second-order valence-electron chi connectivity index (χ2n) is 14.0. The fourth-order valence-corrected chi connectivity index (χ4v) is 8.14. The lowest BCUT2D eigenvalue weighted by Gasteiger charge is -2.26. The maximum absolute atomic E-state index is 14.0. The summed E-state index contributed by atoms with van der Waals surface area (Å²) in [6, 6.07) is 6.56. The van der Waals surface area contributed by atoms with Gasteiger partial charge in [0.15, 0.2) is 0 Å². The number of rotatable bonds is 6. The van der Waals surface area contributed by atoms with E-state index in [1.54, 1.807) is 6.08 Å². The average Bonchev–Trinajstić information content (AvgIpc) is 4.01. The number of aromatic nitrogens is 2. The fourth-order valence-electron chi connectivity index (χ4n) is 7.05. The van der Waals surface area contributed by atoms with E-state index in [4.69, 9.17) is 19.4 Å². The van der Waals surface area contributed by atoms with Gasteiger partial charge in [-0.1, -0.05) is 31.1 Å². The van der Waals surface area contributed by atoms with Crippen LogP contribution in [0.2, 0.25) is 0 Å². The molecule has 1 aromatic carbocycles. The first kappa shape index (κ1) is 32.5. The SMILES string of the molecule is C=C[C@@H]1C[C@]1(NC(=O)[C@@H]1C[C@@H]2CN1C(=O)CNC(=O)O[C@@]1(C)C[C@@H]1CCCCCc1nc3ccccc3nc1O2)C(=O)NS(=O)C1CC1. The van der Waals surface area contributed by atoms with Gasteiger partial charge in [0.1, 0.15) is 46.5 Å². The number of benzene rings is 1. The van der Waals surface area contributed by atoms with Crippen molar-refractivity contribution in [3.05, 3.63) is 42.6 Å². The van der Waals surface area contributed by atoms with Crippen LogP contribution in [-0.4, -0.2) is 84.5 Å². The lowest BCUT2D eigenvalue weighted by atomic mass is 10.1. The molecule has 0 spiro atoms. The first-order valence-corrected chi connectivity index (χ1v) is 18.1. The van der Waals surface area contributed by atoms with E-state index in [0.717, 1.165) is 56.2 Å². The Bertz CT molecular complexity index is 1680. The van der Waals surface area contributed by atoms with Crippen LogP contribution < -0.4 is 20.1 Å². The van der Waals surface area contributed by atoms with Crippen LogP contribution in [0.3, 0.4) is 0 Å². The van der Waals surface area contributed by atoms with Crippen LogP contribution in [0.15, 0.2) is 36.9 Å². The van der Waals surface area contributed by atoms with E-state index in [2.05, 4.69) is 21.9 Å². The third kappa shape index (κ3) is 6.63. The molecule has 1 aromatic heterocycles.